The Balaban J connectivity index is 1.82. The lowest BCUT2D eigenvalue weighted by Crippen LogP contribution is -2.51. The molecule has 2 aromatic rings. The van der Waals surface area contributed by atoms with Gasteiger partial charge < -0.3 is 14.8 Å². The van der Waals surface area contributed by atoms with Gasteiger partial charge in [0.15, 0.2) is 0 Å². The van der Waals surface area contributed by atoms with Crippen LogP contribution in [0.5, 0.6) is 5.75 Å². The molecule has 0 saturated heterocycles. The fourth-order valence-electron chi connectivity index (χ4n) is 5.10. The maximum absolute atomic E-state index is 13.5. The summed E-state index contributed by atoms with van der Waals surface area (Å²) in [6.45, 7) is 1.96. The summed E-state index contributed by atoms with van der Waals surface area (Å²) in [5, 5.41) is 2.85. The third-order valence-corrected chi connectivity index (χ3v) is 7.13. The predicted molar refractivity (Wildman–Crippen MR) is 123 cm³/mol. The number of benzene rings is 2. The summed E-state index contributed by atoms with van der Waals surface area (Å²) in [6, 6.07) is 12.7. The summed E-state index contributed by atoms with van der Waals surface area (Å²) in [5.41, 5.74) is 1.35. The van der Waals surface area contributed by atoms with Gasteiger partial charge in [-0.1, -0.05) is 52.9 Å². The highest BCUT2D eigenvalue weighted by Crippen LogP contribution is 2.55. The van der Waals surface area contributed by atoms with Crippen LogP contribution >= 0.6 is 15.9 Å². The minimum absolute atomic E-state index is 0.379. The Hall–Kier alpha value is -2.67. The molecule has 1 aliphatic heterocycles. The van der Waals surface area contributed by atoms with Gasteiger partial charge in [-0.05, 0) is 50.1 Å². The quantitative estimate of drug-likeness (QED) is 0.357. The van der Waals surface area contributed by atoms with Crippen LogP contribution in [0.25, 0.3) is 0 Å². The fourth-order valence-corrected chi connectivity index (χ4v) is 5.48. The topological polar surface area (TPSA) is 81.7 Å². The van der Waals surface area contributed by atoms with Crippen molar-refractivity contribution >= 4 is 39.5 Å². The summed E-state index contributed by atoms with van der Waals surface area (Å²) in [4.78, 5) is 39.9. The molecule has 1 fully saturated rings. The molecule has 2 atom stereocenters. The van der Waals surface area contributed by atoms with Crippen molar-refractivity contribution in [3.05, 3.63) is 58.1 Å². The number of methoxy groups -OCH3 is 1. The summed E-state index contributed by atoms with van der Waals surface area (Å²) in [5.74, 6) is -2.98. The molecule has 0 aromatic heterocycles. The van der Waals surface area contributed by atoms with Crippen molar-refractivity contribution < 1.29 is 23.9 Å². The van der Waals surface area contributed by atoms with Crippen LogP contribution < -0.4 is 10.1 Å². The number of carbonyl (C=O) groups is 3. The minimum Gasteiger partial charge on any atom is -0.469 e. The van der Waals surface area contributed by atoms with E-state index < -0.39 is 29.1 Å². The van der Waals surface area contributed by atoms with Crippen LogP contribution in [0, 0.1) is 18.3 Å². The SMILES string of the molecule is COC(=O)C1([C@H]2c3cc(Br)ccc3OC(=O)[C@@H]2C(=O)Nc2ccc(C)cc2)CCCCC1. The zero-order valence-electron chi connectivity index (χ0n) is 18.2. The van der Waals surface area contributed by atoms with Crippen molar-refractivity contribution in [2.24, 2.45) is 11.3 Å². The van der Waals surface area contributed by atoms with E-state index in [0.717, 1.165) is 29.3 Å². The molecule has 6 nitrogen and oxygen atoms in total. The minimum atomic E-state index is -1.17. The number of carbonyl (C=O) groups excluding carboxylic acids is 3. The van der Waals surface area contributed by atoms with Crippen molar-refractivity contribution in [1.82, 2.24) is 0 Å². The second kappa shape index (κ2) is 9.06. The molecule has 168 valence electrons. The molecule has 0 unspecified atom stereocenters. The smallest absolute Gasteiger partial charge is 0.324 e. The highest BCUT2D eigenvalue weighted by Gasteiger charge is 2.57. The van der Waals surface area contributed by atoms with Gasteiger partial charge in [0.25, 0.3) is 0 Å². The van der Waals surface area contributed by atoms with E-state index >= 15 is 0 Å². The molecule has 1 amide bonds. The number of rotatable bonds is 4. The number of nitrogens with one attached hydrogen (secondary N) is 1. The van der Waals surface area contributed by atoms with Crippen molar-refractivity contribution in [2.75, 3.05) is 12.4 Å². The third kappa shape index (κ3) is 4.06. The van der Waals surface area contributed by atoms with E-state index in [4.69, 9.17) is 9.47 Å². The monoisotopic (exact) mass is 499 g/mol. The molecular weight excluding hydrogens is 474 g/mol. The summed E-state index contributed by atoms with van der Waals surface area (Å²) in [7, 11) is 1.36. The molecule has 1 saturated carbocycles. The largest absolute Gasteiger partial charge is 0.469 e. The number of ether oxygens (including phenoxy) is 2. The molecular formula is C25H26BrNO5. The van der Waals surface area contributed by atoms with Gasteiger partial charge in [-0.15, -0.1) is 0 Å². The zero-order valence-corrected chi connectivity index (χ0v) is 19.7. The Morgan fingerprint density at radius 3 is 2.44 bits per heavy atom. The maximum Gasteiger partial charge on any atom is 0.324 e. The van der Waals surface area contributed by atoms with Gasteiger partial charge in [-0.25, -0.2) is 0 Å². The first-order valence-electron chi connectivity index (χ1n) is 10.8. The first-order chi connectivity index (χ1) is 15.4. The lowest BCUT2D eigenvalue weighted by Gasteiger charge is -2.45. The van der Waals surface area contributed by atoms with Gasteiger partial charge in [-0.2, -0.15) is 0 Å². The standard InChI is InChI=1S/C25H26BrNO5/c1-15-6-9-17(10-7-15)27-22(28)20-21(25(24(30)31-2)12-4-3-5-13-25)18-14-16(26)8-11-19(18)32-23(20)29/h6-11,14,20-21H,3-5,12-13H2,1-2H3,(H,27,28)/t20-,21-/m0/s1. The van der Waals surface area contributed by atoms with Crippen LogP contribution in [0.3, 0.4) is 0 Å². The Kier molecular flexibility index (Phi) is 6.38. The first kappa shape index (κ1) is 22.5. The number of amides is 1. The highest BCUT2D eigenvalue weighted by molar-refractivity contribution is 9.10. The van der Waals surface area contributed by atoms with Crippen molar-refractivity contribution in [2.45, 2.75) is 44.9 Å². The Bertz CT molecular complexity index is 1040. The van der Waals surface area contributed by atoms with Crippen LogP contribution in [0.15, 0.2) is 46.9 Å². The second-order valence-corrected chi connectivity index (χ2v) is 9.54. The summed E-state index contributed by atoms with van der Waals surface area (Å²) in [6.07, 6.45) is 3.77. The maximum atomic E-state index is 13.5. The zero-order chi connectivity index (χ0) is 22.9. The van der Waals surface area contributed by atoms with Crippen LogP contribution in [0.4, 0.5) is 5.69 Å². The molecule has 0 bridgehead atoms. The van der Waals surface area contributed by atoms with Crippen LogP contribution in [-0.4, -0.2) is 25.0 Å². The Morgan fingerprint density at radius 2 is 1.78 bits per heavy atom. The van der Waals surface area contributed by atoms with Gasteiger partial charge in [0.05, 0.1) is 12.5 Å². The van der Waals surface area contributed by atoms with Crippen LogP contribution in [0.1, 0.15) is 49.1 Å². The number of esters is 2. The third-order valence-electron chi connectivity index (χ3n) is 6.64. The van der Waals surface area contributed by atoms with E-state index in [-0.39, 0.29) is 5.97 Å². The average molecular weight is 500 g/mol. The average Bonchev–Trinajstić information content (AvgIpc) is 2.79. The number of fused-ring (bicyclic) bond motifs is 1. The van der Waals surface area contributed by atoms with E-state index in [2.05, 4.69) is 21.2 Å². The van der Waals surface area contributed by atoms with Gasteiger partial charge in [0.1, 0.15) is 11.7 Å². The van der Waals surface area contributed by atoms with Gasteiger partial charge in [0.2, 0.25) is 5.91 Å². The summed E-state index contributed by atoms with van der Waals surface area (Å²) >= 11 is 3.49. The van der Waals surface area contributed by atoms with Crippen molar-refractivity contribution in [1.29, 1.82) is 0 Å². The fraction of sp³-hybridized carbons (Fsp3) is 0.400. The van der Waals surface area contributed by atoms with Gasteiger partial charge in [-0.3, -0.25) is 14.4 Å². The van der Waals surface area contributed by atoms with E-state index in [9.17, 15) is 14.4 Å². The normalized spacial score (nSPS) is 21.8. The Labute approximate surface area is 195 Å². The van der Waals surface area contributed by atoms with E-state index in [1.165, 1.54) is 7.11 Å². The first-order valence-corrected chi connectivity index (χ1v) is 11.6. The van der Waals surface area contributed by atoms with Crippen molar-refractivity contribution in [3.63, 3.8) is 0 Å². The molecule has 1 heterocycles. The number of anilines is 1. The molecule has 0 radical (unpaired) electrons. The van der Waals surface area contributed by atoms with Crippen molar-refractivity contribution in [3.8, 4) is 5.75 Å². The lowest BCUT2D eigenvalue weighted by molar-refractivity contribution is -0.162. The lowest BCUT2D eigenvalue weighted by atomic mass is 9.59. The molecule has 2 aromatic carbocycles. The Morgan fingerprint density at radius 1 is 1.09 bits per heavy atom. The van der Waals surface area contributed by atoms with Gasteiger partial charge in [0, 0.05) is 21.6 Å². The molecule has 4 rings (SSSR count). The van der Waals surface area contributed by atoms with Crippen LogP contribution in [0.2, 0.25) is 0 Å². The van der Waals surface area contributed by atoms with E-state index in [1.807, 2.05) is 25.1 Å². The summed E-state index contributed by atoms with van der Waals surface area (Å²) < 4.78 is 11.6. The molecule has 1 aliphatic carbocycles. The van der Waals surface area contributed by atoms with Gasteiger partial charge >= 0.3 is 11.9 Å². The highest BCUT2D eigenvalue weighted by atomic mass is 79.9. The second-order valence-electron chi connectivity index (χ2n) is 8.62. The number of hydrogen-bond donors (Lipinski definition) is 1. The molecule has 32 heavy (non-hydrogen) atoms. The number of aryl methyl sites for hydroxylation is 1. The molecule has 0 spiro atoms. The molecule has 2 aliphatic rings. The van der Waals surface area contributed by atoms with Crippen LogP contribution in [-0.2, 0) is 19.1 Å². The van der Waals surface area contributed by atoms with E-state index in [1.54, 1.807) is 24.3 Å². The molecule has 1 N–H and O–H groups in total. The van der Waals surface area contributed by atoms with E-state index in [0.29, 0.717) is 29.8 Å². The number of halogens is 1. The molecule has 7 heteroatoms. The number of hydrogen-bond acceptors (Lipinski definition) is 5. The predicted octanol–water partition coefficient (Wildman–Crippen LogP) is 5.14.